The lowest BCUT2D eigenvalue weighted by molar-refractivity contribution is 0.241. The van der Waals surface area contributed by atoms with E-state index < -0.39 is 0 Å². The maximum absolute atomic E-state index is 13.6. The molecule has 0 aliphatic rings. The summed E-state index contributed by atoms with van der Waals surface area (Å²) in [5.41, 5.74) is 0.713. The van der Waals surface area contributed by atoms with E-state index in [1.54, 1.807) is 6.07 Å². The standard InChI is InChI=1S/C13H19BrFNO/c1-2-16(7-3-4-8-17)10-11-9-12(14)5-6-13(11)15/h5-6,9,17H,2-4,7-8,10H2,1H3. The Bertz CT molecular complexity index is 346. The third-order valence-electron chi connectivity index (χ3n) is 2.73. The van der Waals surface area contributed by atoms with Crippen LogP contribution < -0.4 is 0 Å². The summed E-state index contributed by atoms with van der Waals surface area (Å²) in [6.07, 6.45) is 1.75. The molecule has 2 nitrogen and oxygen atoms in total. The Kier molecular flexibility index (Phi) is 6.70. The lowest BCUT2D eigenvalue weighted by Crippen LogP contribution is -2.24. The second-order valence-corrected chi connectivity index (χ2v) is 4.95. The number of aliphatic hydroxyl groups excluding tert-OH is 1. The van der Waals surface area contributed by atoms with Crippen LogP contribution in [0.5, 0.6) is 0 Å². The highest BCUT2D eigenvalue weighted by molar-refractivity contribution is 9.10. The van der Waals surface area contributed by atoms with Gasteiger partial charge in [-0.15, -0.1) is 0 Å². The van der Waals surface area contributed by atoms with Gasteiger partial charge in [-0.25, -0.2) is 4.39 Å². The van der Waals surface area contributed by atoms with Crippen molar-refractivity contribution in [2.24, 2.45) is 0 Å². The van der Waals surface area contributed by atoms with Gasteiger partial charge in [0.05, 0.1) is 0 Å². The van der Waals surface area contributed by atoms with Crippen LogP contribution in [-0.4, -0.2) is 29.7 Å². The first-order chi connectivity index (χ1) is 8.17. The molecule has 0 aliphatic carbocycles. The predicted octanol–water partition coefficient (Wildman–Crippen LogP) is 3.18. The van der Waals surface area contributed by atoms with Crippen molar-refractivity contribution in [3.8, 4) is 0 Å². The third-order valence-corrected chi connectivity index (χ3v) is 3.22. The van der Waals surface area contributed by atoms with Gasteiger partial charge >= 0.3 is 0 Å². The van der Waals surface area contributed by atoms with Gasteiger partial charge in [0.15, 0.2) is 0 Å². The third kappa shape index (κ3) is 5.15. The molecule has 0 saturated heterocycles. The Morgan fingerprint density at radius 1 is 1.35 bits per heavy atom. The molecule has 17 heavy (non-hydrogen) atoms. The molecule has 0 amide bonds. The minimum Gasteiger partial charge on any atom is -0.396 e. The summed E-state index contributed by atoms with van der Waals surface area (Å²) in [6, 6.07) is 5.02. The van der Waals surface area contributed by atoms with Gasteiger partial charge in [-0.2, -0.15) is 0 Å². The average molecular weight is 304 g/mol. The Balaban J connectivity index is 2.57. The van der Waals surface area contributed by atoms with E-state index in [2.05, 4.69) is 27.8 Å². The largest absolute Gasteiger partial charge is 0.396 e. The van der Waals surface area contributed by atoms with Crippen molar-refractivity contribution in [3.05, 3.63) is 34.1 Å². The summed E-state index contributed by atoms with van der Waals surface area (Å²) in [4.78, 5) is 2.18. The zero-order valence-corrected chi connectivity index (χ0v) is 11.7. The summed E-state index contributed by atoms with van der Waals surface area (Å²) in [7, 11) is 0. The van der Waals surface area contributed by atoms with E-state index in [0.717, 1.165) is 30.4 Å². The molecular formula is C13H19BrFNO. The molecule has 0 spiro atoms. The first-order valence-corrected chi connectivity index (χ1v) is 6.73. The van der Waals surface area contributed by atoms with Crippen molar-refractivity contribution in [2.45, 2.75) is 26.3 Å². The normalized spacial score (nSPS) is 11.1. The number of rotatable bonds is 7. The number of halogens is 2. The highest BCUT2D eigenvalue weighted by Gasteiger charge is 2.08. The van der Waals surface area contributed by atoms with E-state index in [0.29, 0.717) is 12.1 Å². The summed E-state index contributed by atoms with van der Waals surface area (Å²) in [5, 5.41) is 8.74. The van der Waals surface area contributed by atoms with Crippen LogP contribution in [0.25, 0.3) is 0 Å². The minimum absolute atomic E-state index is 0.159. The van der Waals surface area contributed by atoms with Crippen LogP contribution in [0.2, 0.25) is 0 Å². The molecule has 0 aliphatic heterocycles. The second kappa shape index (κ2) is 7.80. The van der Waals surface area contributed by atoms with Crippen LogP contribution in [0.1, 0.15) is 25.3 Å². The molecule has 1 rings (SSSR count). The second-order valence-electron chi connectivity index (χ2n) is 4.04. The van der Waals surface area contributed by atoms with Gasteiger partial charge in [0.25, 0.3) is 0 Å². The molecule has 0 unspecified atom stereocenters. The van der Waals surface area contributed by atoms with Gasteiger partial charge in [-0.3, -0.25) is 4.90 Å². The smallest absolute Gasteiger partial charge is 0.127 e. The van der Waals surface area contributed by atoms with E-state index in [4.69, 9.17) is 5.11 Å². The van der Waals surface area contributed by atoms with Crippen molar-refractivity contribution in [3.63, 3.8) is 0 Å². The number of hydrogen-bond acceptors (Lipinski definition) is 2. The quantitative estimate of drug-likeness (QED) is 0.782. The topological polar surface area (TPSA) is 23.5 Å². The monoisotopic (exact) mass is 303 g/mol. The molecule has 0 aromatic heterocycles. The molecule has 1 N–H and O–H groups in total. The van der Waals surface area contributed by atoms with E-state index in [9.17, 15) is 4.39 Å². The lowest BCUT2D eigenvalue weighted by atomic mass is 10.2. The first-order valence-electron chi connectivity index (χ1n) is 5.94. The van der Waals surface area contributed by atoms with Crippen molar-refractivity contribution < 1.29 is 9.50 Å². The van der Waals surface area contributed by atoms with Crippen LogP contribution in [0.3, 0.4) is 0 Å². The molecule has 96 valence electrons. The molecule has 0 bridgehead atoms. The number of hydrogen-bond donors (Lipinski definition) is 1. The Morgan fingerprint density at radius 3 is 2.76 bits per heavy atom. The number of benzene rings is 1. The maximum atomic E-state index is 13.6. The van der Waals surface area contributed by atoms with Gasteiger partial charge in [0, 0.05) is 23.2 Å². The van der Waals surface area contributed by atoms with Gasteiger partial charge in [0.2, 0.25) is 0 Å². The lowest BCUT2D eigenvalue weighted by Gasteiger charge is -2.20. The van der Waals surface area contributed by atoms with Gasteiger partial charge in [-0.05, 0) is 44.1 Å². The Morgan fingerprint density at radius 2 is 2.12 bits per heavy atom. The van der Waals surface area contributed by atoms with E-state index in [1.807, 2.05) is 6.07 Å². The molecule has 0 saturated carbocycles. The molecular weight excluding hydrogens is 285 g/mol. The molecule has 0 radical (unpaired) electrons. The molecule has 1 aromatic rings. The van der Waals surface area contributed by atoms with Gasteiger partial charge in [-0.1, -0.05) is 22.9 Å². The molecule has 1 aromatic carbocycles. The van der Waals surface area contributed by atoms with Crippen LogP contribution >= 0.6 is 15.9 Å². The summed E-state index contributed by atoms with van der Waals surface area (Å²) in [6.45, 7) is 4.69. The summed E-state index contributed by atoms with van der Waals surface area (Å²) >= 11 is 3.35. The first kappa shape index (κ1) is 14.6. The molecule has 0 fully saturated rings. The van der Waals surface area contributed by atoms with Crippen LogP contribution in [0.15, 0.2) is 22.7 Å². The number of nitrogens with zero attached hydrogens (tertiary/aromatic N) is 1. The summed E-state index contributed by atoms with van der Waals surface area (Å²) < 4.78 is 14.5. The zero-order valence-electron chi connectivity index (χ0n) is 10.1. The number of aliphatic hydroxyl groups is 1. The van der Waals surface area contributed by atoms with Gasteiger partial charge < -0.3 is 5.11 Å². The fourth-order valence-electron chi connectivity index (χ4n) is 1.70. The highest BCUT2D eigenvalue weighted by Crippen LogP contribution is 2.17. The Labute approximate surface area is 111 Å². The van der Waals surface area contributed by atoms with E-state index >= 15 is 0 Å². The number of unbranched alkanes of at least 4 members (excludes halogenated alkanes) is 1. The Hall–Kier alpha value is -0.450. The van der Waals surface area contributed by atoms with Gasteiger partial charge in [0.1, 0.15) is 5.82 Å². The minimum atomic E-state index is -0.159. The van der Waals surface area contributed by atoms with Crippen molar-refractivity contribution in [2.75, 3.05) is 19.7 Å². The highest BCUT2D eigenvalue weighted by atomic mass is 79.9. The molecule has 4 heteroatoms. The van der Waals surface area contributed by atoms with Crippen LogP contribution in [0, 0.1) is 5.82 Å². The summed E-state index contributed by atoms with van der Waals surface area (Å²) in [5.74, 6) is -0.159. The average Bonchev–Trinajstić information content (AvgIpc) is 2.32. The van der Waals surface area contributed by atoms with Crippen LogP contribution in [0.4, 0.5) is 4.39 Å². The van der Waals surface area contributed by atoms with Crippen LogP contribution in [-0.2, 0) is 6.54 Å². The maximum Gasteiger partial charge on any atom is 0.127 e. The zero-order chi connectivity index (χ0) is 12.7. The SMILES string of the molecule is CCN(CCCCO)Cc1cc(Br)ccc1F. The predicted molar refractivity (Wildman–Crippen MR) is 71.4 cm³/mol. The van der Waals surface area contributed by atoms with Crippen molar-refractivity contribution in [1.29, 1.82) is 0 Å². The fraction of sp³-hybridized carbons (Fsp3) is 0.538. The molecule has 0 heterocycles. The van der Waals surface area contributed by atoms with Crippen molar-refractivity contribution in [1.82, 2.24) is 4.90 Å². The van der Waals surface area contributed by atoms with Crippen molar-refractivity contribution >= 4 is 15.9 Å². The molecule has 0 atom stereocenters. The fourth-order valence-corrected chi connectivity index (χ4v) is 2.11. The van der Waals surface area contributed by atoms with E-state index in [1.165, 1.54) is 6.07 Å². The van der Waals surface area contributed by atoms with E-state index in [-0.39, 0.29) is 12.4 Å².